The first-order valence-corrected chi connectivity index (χ1v) is 5.60. The van der Waals surface area contributed by atoms with Crippen LogP contribution in [-0.2, 0) is 11.3 Å². The lowest BCUT2D eigenvalue weighted by molar-refractivity contribution is -0.133. The van der Waals surface area contributed by atoms with E-state index in [4.69, 9.17) is 0 Å². The summed E-state index contributed by atoms with van der Waals surface area (Å²) >= 11 is 3.29. The second-order valence-corrected chi connectivity index (χ2v) is 4.59. The quantitative estimate of drug-likeness (QED) is 0.848. The molecule has 1 aliphatic rings. The molecular weight excluding hydrogens is 260 g/mol. The van der Waals surface area contributed by atoms with E-state index in [0.29, 0.717) is 12.6 Å². The van der Waals surface area contributed by atoms with Crippen LogP contribution in [0.1, 0.15) is 0 Å². The standard InChI is InChI=1S/C9H13BrN4O/c1-13(8-3-11-4-8)9(15)6-14-5-7(10)2-12-14/h2,5,8,11H,3-4,6H2,1H3. The Bertz CT molecular complexity index is 361. The Kier molecular flexibility index (Phi) is 3.06. The molecule has 2 rings (SSSR count). The number of rotatable bonds is 3. The molecule has 82 valence electrons. The van der Waals surface area contributed by atoms with Crippen LogP contribution in [0.4, 0.5) is 0 Å². The van der Waals surface area contributed by atoms with Crippen LogP contribution < -0.4 is 5.32 Å². The first kappa shape index (κ1) is 10.6. The molecule has 1 N–H and O–H groups in total. The molecule has 0 bridgehead atoms. The zero-order chi connectivity index (χ0) is 10.8. The summed E-state index contributed by atoms with van der Waals surface area (Å²) in [5, 5.41) is 7.19. The molecule has 0 unspecified atom stereocenters. The molecule has 1 aromatic rings. The molecule has 5 nitrogen and oxygen atoms in total. The van der Waals surface area contributed by atoms with Gasteiger partial charge in [-0.1, -0.05) is 0 Å². The summed E-state index contributed by atoms with van der Waals surface area (Å²) in [5.41, 5.74) is 0. The van der Waals surface area contributed by atoms with Crippen molar-refractivity contribution in [2.75, 3.05) is 20.1 Å². The molecule has 1 fully saturated rings. The van der Waals surface area contributed by atoms with Gasteiger partial charge in [0.2, 0.25) is 5.91 Å². The van der Waals surface area contributed by atoms with Gasteiger partial charge in [0.15, 0.2) is 0 Å². The lowest BCUT2D eigenvalue weighted by Crippen LogP contribution is -2.57. The van der Waals surface area contributed by atoms with E-state index >= 15 is 0 Å². The Morgan fingerprint density at radius 1 is 1.80 bits per heavy atom. The SMILES string of the molecule is CN(C(=O)Cn1cc(Br)cn1)C1CNC1. The molecule has 0 spiro atoms. The maximum atomic E-state index is 11.8. The smallest absolute Gasteiger partial charge is 0.244 e. The summed E-state index contributed by atoms with van der Waals surface area (Å²) in [5.74, 6) is 0.0945. The monoisotopic (exact) mass is 272 g/mol. The van der Waals surface area contributed by atoms with Gasteiger partial charge in [-0.2, -0.15) is 5.10 Å². The topological polar surface area (TPSA) is 50.2 Å². The van der Waals surface area contributed by atoms with Crippen molar-refractivity contribution in [3.8, 4) is 0 Å². The number of halogens is 1. The van der Waals surface area contributed by atoms with Crippen molar-refractivity contribution >= 4 is 21.8 Å². The van der Waals surface area contributed by atoms with E-state index in [1.54, 1.807) is 22.0 Å². The Hall–Kier alpha value is -0.880. The van der Waals surface area contributed by atoms with Crippen LogP contribution in [0.25, 0.3) is 0 Å². The van der Waals surface area contributed by atoms with Gasteiger partial charge in [0.25, 0.3) is 0 Å². The van der Waals surface area contributed by atoms with Gasteiger partial charge >= 0.3 is 0 Å². The number of aromatic nitrogens is 2. The van der Waals surface area contributed by atoms with Crippen molar-refractivity contribution in [1.29, 1.82) is 0 Å². The average Bonchev–Trinajstić information content (AvgIpc) is 2.48. The largest absolute Gasteiger partial charge is 0.339 e. The van der Waals surface area contributed by atoms with Crippen molar-refractivity contribution < 1.29 is 4.79 Å². The minimum absolute atomic E-state index is 0.0945. The lowest BCUT2D eigenvalue weighted by Gasteiger charge is -2.35. The number of hydrogen-bond donors (Lipinski definition) is 1. The van der Waals surface area contributed by atoms with Gasteiger partial charge in [0.1, 0.15) is 6.54 Å². The summed E-state index contributed by atoms with van der Waals surface area (Å²) in [6.07, 6.45) is 3.48. The molecule has 15 heavy (non-hydrogen) atoms. The van der Waals surface area contributed by atoms with E-state index in [9.17, 15) is 4.79 Å². The zero-order valence-corrected chi connectivity index (χ0v) is 10.1. The summed E-state index contributed by atoms with van der Waals surface area (Å²) in [6.45, 7) is 2.09. The third-order valence-electron chi connectivity index (χ3n) is 2.60. The Morgan fingerprint density at radius 2 is 2.53 bits per heavy atom. The van der Waals surface area contributed by atoms with Crippen LogP contribution in [0.5, 0.6) is 0 Å². The van der Waals surface area contributed by atoms with Gasteiger partial charge in [-0.05, 0) is 15.9 Å². The molecule has 0 aromatic carbocycles. The maximum Gasteiger partial charge on any atom is 0.244 e. The number of likely N-dealkylation sites (N-methyl/N-ethyl adjacent to an activating group) is 1. The summed E-state index contributed by atoms with van der Waals surface area (Å²) in [7, 11) is 1.84. The fourth-order valence-corrected chi connectivity index (χ4v) is 1.75. The first-order valence-electron chi connectivity index (χ1n) is 4.81. The number of carbonyl (C=O) groups excluding carboxylic acids is 1. The molecule has 0 radical (unpaired) electrons. The molecule has 0 atom stereocenters. The van der Waals surface area contributed by atoms with Crippen LogP contribution in [0.15, 0.2) is 16.9 Å². The minimum atomic E-state index is 0.0945. The highest BCUT2D eigenvalue weighted by molar-refractivity contribution is 9.10. The average molecular weight is 273 g/mol. The molecule has 0 saturated carbocycles. The normalized spacial score (nSPS) is 16.1. The third kappa shape index (κ3) is 2.38. The van der Waals surface area contributed by atoms with Gasteiger partial charge < -0.3 is 10.2 Å². The van der Waals surface area contributed by atoms with Gasteiger partial charge in [0.05, 0.1) is 16.7 Å². The third-order valence-corrected chi connectivity index (χ3v) is 3.01. The number of nitrogens with zero attached hydrogens (tertiary/aromatic N) is 3. The molecule has 1 aromatic heterocycles. The van der Waals surface area contributed by atoms with Crippen molar-refractivity contribution in [2.24, 2.45) is 0 Å². The zero-order valence-electron chi connectivity index (χ0n) is 8.48. The fourth-order valence-electron chi connectivity index (χ4n) is 1.43. The van der Waals surface area contributed by atoms with Crippen LogP contribution >= 0.6 is 15.9 Å². The summed E-state index contributed by atoms with van der Waals surface area (Å²) < 4.78 is 2.53. The number of nitrogens with one attached hydrogen (secondary N) is 1. The molecule has 1 saturated heterocycles. The van der Waals surface area contributed by atoms with Gasteiger partial charge in [-0.3, -0.25) is 9.48 Å². The lowest BCUT2D eigenvalue weighted by atomic mass is 10.1. The second kappa shape index (κ2) is 4.32. The van der Waals surface area contributed by atoms with E-state index in [1.807, 2.05) is 7.05 Å². The van der Waals surface area contributed by atoms with Crippen LogP contribution in [0, 0.1) is 0 Å². The van der Waals surface area contributed by atoms with Crippen LogP contribution in [-0.4, -0.2) is 46.8 Å². The summed E-state index contributed by atoms with van der Waals surface area (Å²) in [6, 6.07) is 0.344. The van der Waals surface area contributed by atoms with E-state index in [-0.39, 0.29) is 5.91 Å². The Balaban J connectivity index is 1.91. The molecule has 6 heteroatoms. The molecular formula is C9H13BrN4O. The number of carbonyl (C=O) groups is 1. The predicted molar refractivity (Wildman–Crippen MR) is 59.4 cm³/mol. The van der Waals surface area contributed by atoms with Gasteiger partial charge in [-0.25, -0.2) is 0 Å². The van der Waals surface area contributed by atoms with E-state index in [0.717, 1.165) is 17.6 Å². The van der Waals surface area contributed by atoms with Gasteiger partial charge in [-0.15, -0.1) is 0 Å². The number of hydrogen-bond acceptors (Lipinski definition) is 3. The highest BCUT2D eigenvalue weighted by Crippen LogP contribution is 2.07. The highest BCUT2D eigenvalue weighted by Gasteiger charge is 2.25. The van der Waals surface area contributed by atoms with Crippen molar-refractivity contribution in [3.63, 3.8) is 0 Å². The molecule has 1 aliphatic heterocycles. The fraction of sp³-hybridized carbons (Fsp3) is 0.556. The van der Waals surface area contributed by atoms with E-state index in [2.05, 4.69) is 26.3 Å². The Labute approximate surface area is 96.6 Å². The van der Waals surface area contributed by atoms with Gasteiger partial charge in [0, 0.05) is 26.3 Å². The number of amides is 1. The van der Waals surface area contributed by atoms with Crippen molar-refractivity contribution in [2.45, 2.75) is 12.6 Å². The molecule has 1 amide bonds. The minimum Gasteiger partial charge on any atom is -0.339 e. The van der Waals surface area contributed by atoms with Crippen molar-refractivity contribution in [1.82, 2.24) is 20.0 Å². The second-order valence-electron chi connectivity index (χ2n) is 3.67. The summed E-state index contributed by atoms with van der Waals surface area (Å²) in [4.78, 5) is 13.6. The van der Waals surface area contributed by atoms with E-state index < -0.39 is 0 Å². The Morgan fingerprint density at radius 3 is 3.00 bits per heavy atom. The molecule has 0 aliphatic carbocycles. The van der Waals surface area contributed by atoms with Crippen molar-refractivity contribution in [3.05, 3.63) is 16.9 Å². The van der Waals surface area contributed by atoms with E-state index in [1.165, 1.54) is 0 Å². The molecule has 2 heterocycles. The highest BCUT2D eigenvalue weighted by atomic mass is 79.9. The first-order chi connectivity index (χ1) is 7.16. The van der Waals surface area contributed by atoms with Crippen LogP contribution in [0.3, 0.4) is 0 Å². The maximum absolute atomic E-state index is 11.8. The predicted octanol–water partition coefficient (Wildman–Crippen LogP) is 0.0758. The van der Waals surface area contributed by atoms with Crippen LogP contribution in [0.2, 0.25) is 0 Å².